The number of ether oxygens (including phenoxy) is 8. The van der Waals surface area contributed by atoms with Gasteiger partial charge in [0.15, 0.2) is 36.7 Å². The second kappa shape index (κ2) is 17.7. The van der Waals surface area contributed by atoms with Gasteiger partial charge in [-0.15, -0.1) is 0 Å². The van der Waals surface area contributed by atoms with Crippen LogP contribution in [0.25, 0.3) is 0 Å². The Morgan fingerprint density at radius 2 is 1.06 bits per heavy atom. The molecule has 8 nitrogen and oxygen atoms in total. The van der Waals surface area contributed by atoms with E-state index in [0.29, 0.717) is 23.3 Å². The molecule has 6 atom stereocenters. The van der Waals surface area contributed by atoms with Gasteiger partial charge in [-0.05, 0) is 196 Å². The van der Waals surface area contributed by atoms with Gasteiger partial charge in [-0.3, -0.25) is 0 Å². The maximum Gasteiger partial charge on any atom is 0.197 e. The van der Waals surface area contributed by atoms with Crippen molar-refractivity contribution in [3.05, 3.63) is 47.6 Å². The summed E-state index contributed by atoms with van der Waals surface area (Å²) in [6.07, 6.45) is 9.00. The summed E-state index contributed by atoms with van der Waals surface area (Å²) in [5, 5.41) is 0. The quantitative estimate of drug-likeness (QED) is 0.164. The zero-order valence-electron chi connectivity index (χ0n) is 37.6. The Bertz CT molecular complexity index is 1390. The molecule has 54 heavy (non-hydrogen) atoms. The summed E-state index contributed by atoms with van der Waals surface area (Å²) in [6, 6.07) is 6.36. The third-order valence-corrected chi connectivity index (χ3v) is 9.84. The summed E-state index contributed by atoms with van der Waals surface area (Å²) in [5.74, 6) is 2.23. The van der Waals surface area contributed by atoms with Crippen molar-refractivity contribution in [1.82, 2.24) is 0 Å². The van der Waals surface area contributed by atoms with Crippen LogP contribution in [0.4, 0.5) is 0 Å². The van der Waals surface area contributed by atoms with Crippen molar-refractivity contribution in [3.63, 3.8) is 0 Å². The molecule has 0 N–H and O–H groups in total. The molecule has 2 aliphatic rings. The summed E-state index contributed by atoms with van der Waals surface area (Å²) < 4.78 is 50.5. The average Bonchev–Trinajstić information content (AvgIpc) is 2.95. The van der Waals surface area contributed by atoms with E-state index in [1.54, 1.807) is 0 Å². The van der Waals surface area contributed by atoms with E-state index >= 15 is 0 Å². The molecule has 1 aromatic rings. The number of allylic oxidation sites excluding steroid dienone is 2. The van der Waals surface area contributed by atoms with Gasteiger partial charge in [0.25, 0.3) is 0 Å². The number of rotatable bonds is 15. The molecule has 1 aromatic carbocycles. The summed E-state index contributed by atoms with van der Waals surface area (Å²) in [6.45, 7) is 39.0. The first-order valence-electron chi connectivity index (χ1n) is 20.4. The lowest BCUT2D eigenvalue weighted by Crippen LogP contribution is -2.48. The summed E-state index contributed by atoms with van der Waals surface area (Å²) in [4.78, 5) is 0. The Morgan fingerprint density at radius 1 is 0.593 bits per heavy atom. The lowest BCUT2D eigenvalue weighted by molar-refractivity contribution is -0.267. The topological polar surface area (TPSA) is 73.8 Å². The van der Waals surface area contributed by atoms with Crippen LogP contribution in [-0.2, 0) is 33.8 Å². The minimum atomic E-state index is -0.718. The van der Waals surface area contributed by atoms with Gasteiger partial charge >= 0.3 is 0 Å². The third-order valence-electron chi connectivity index (χ3n) is 9.84. The average molecular weight is 759 g/mol. The van der Waals surface area contributed by atoms with Gasteiger partial charge in [-0.25, -0.2) is 0 Å². The maximum absolute atomic E-state index is 6.62. The Morgan fingerprint density at radius 3 is 1.56 bits per heavy atom. The van der Waals surface area contributed by atoms with Crippen LogP contribution in [0.3, 0.4) is 0 Å². The number of hydrogen-bond donors (Lipinski definition) is 0. The van der Waals surface area contributed by atoms with E-state index in [1.165, 1.54) is 11.1 Å². The van der Waals surface area contributed by atoms with Crippen LogP contribution in [0.2, 0.25) is 0 Å². The van der Waals surface area contributed by atoms with E-state index in [9.17, 15) is 0 Å². The lowest BCUT2D eigenvalue weighted by Gasteiger charge is -2.43. The van der Waals surface area contributed by atoms with Crippen molar-refractivity contribution in [3.8, 4) is 11.5 Å². The highest BCUT2D eigenvalue weighted by Gasteiger charge is 2.41. The Hall–Kier alpha value is -1.94. The van der Waals surface area contributed by atoms with Gasteiger partial charge in [0, 0.05) is 0 Å². The molecule has 3 rings (SSSR count). The highest BCUT2D eigenvalue weighted by molar-refractivity contribution is 5.45. The summed E-state index contributed by atoms with van der Waals surface area (Å²) in [5.41, 5.74) is 0.360. The molecule has 8 heteroatoms. The first-order chi connectivity index (χ1) is 24.4. The predicted molar refractivity (Wildman–Crippen MR) is 219 cm³/mol. The first kappa shape index (κ1) is 46.4. The fourth-order valence-corrected chi connectivity index (χ4v) is 7.80. The summed E-state index contributed by atoms with van der Waals surface area (Å²) >= 11 is 0. The van der Waals surface area contributed by atoms with Gasteiger partial charge in [0.2, 0.25) is 0 Å². The Labute approximate surface area is 330 Å². The normalized spacial score (nSPS) is 25.5. The summed E-state index contributed by atoms with van der Waals surface area (Å²) in [7, 11) is 0. The SMILES string of the molecule is CC(Oc1ccc(C(C)(C)C2CCC(C3=CC(OC(C)OC(C)(C)C)C(C)(OC(C)OC(C)(C)C)C=C3)CC2)cc1OC(C)OC(C)(C)C)OC(C)(C)C. The van der Waals surface area contributed by atoms with Crippen molar-refractivity contribution >= 4 is 0 Å². The Kier molecular flexibility index (Phi) is 15.2. The smallest absolute Gasteiger partial charge is 0.197 e. The molecule has 1 fully saturated rings. The molecular formula is C46H78O8. The monoisotopic (exact) mass is 759 g/mol. The van der Waals surface area contributed by atoms with E-state index in [2.05, 4.69) is 51.1 Å². The number of benzene rings is 1. The van der Waals surface area contributed by atoms with E-state index in [1.807, 2.05) is 117 Å². The van der Waals surface area contributed by atoms with Crippen LogP contribution >= 0.6 is 0 Å². The second-order valence-electron chi connectivity index (χ2n) is 20.2. The molecule has 0 saturated heterocycles. The highest BCUT2D eigenvalue weighted by atomic mass is 16.7. The van der Waals surface area contributed by atoms with E-state index in [0.717, 1.165) is 25.7 Å². The van der Waals surface area contributed by atoms with Crippen molar-refractivity contribution < 1.29 is 37.9 Å². The van der Waals surface area contributed by atoms with Gasteiger partial charge in [0.1, 0.15) is 11.7 Å². The highest BCUT2D eigenvalue weighted by Crippen LogP contribution is 2.47. The van der Waals surface area contributed by atoms with Crippen LogP contribution in [0.5, 0.6) is 11.5 Å². The first-order valence-corrected chi connectivity index (χ1v) is 20.4. The van der Waals surface area contributed by atoms with Gasteiger partial charge in [-0.2, -0.15) is 0 Å². The van der Waals surface area contributed by atoms with Gasteiger partial charge in [0.05, 0.1) is 22.4 Å². The lowest BCUT2D eigenvalue weighted by atomic mass is 9.64. The van der Waals surface area contributed by atoms with Crippen molar-refractivity contribution in [2.75, 3.05) is 0 Å². The van der Waals surface area contributed by atoms with Crippen LogP contribution < -0.4 is 9.47 Å². The Balaban J connectivity index is 1.82. The van der Waals surface area contributed by atoms with Crippen LogP contribution in [0, 0.1) is 11.8 Å². The number of hydrogen-bond acceptors (Lipinski definition) is 8. The third kappa shape index (κ3) is 14.9. The zero-order valence-corrected chi connectivity index (χ0v) is 37.6. The standard InChI is InChI=1S/C46H78O8/c1-30(50-41(5,6)7)47-38-25-24-37(29-39(38)48-31(2)51-42(8,9)10)45(17,18)36-22-20-34(21-23-36)35-26-27-46(19,54-33(4)53-44(14,15)16)40(28-35)49-32(3)52-43(11,12)13/h24-34,36,40H,20-23H2,1-19H3. The van der Waals surface area contributed by atoms with Crippen LogP contribution in [-0.4, -0.2) is 59.3 Å². The molecule has 0 heterocycles. The molecular weight excluding hydrogens is 680 g/mol. The zero-order chi connectivity index (χ0) is 41.1. The van der Waals surface area contributed by atoms with Crippen molar-refractivity contribution in [2.45, 2.75) is 222 Å². The van der Waals surface area contributed by atoms with Crippen LogP contribution in [0.1, 0.15) is 163 Å². The second-order valence-corrected chi connectivity index (χ2v) is 20.2. The molecule has 2 aliphatic carbocycles. The van der Waals surface area contributed by atoms with Crippen molar-refractivity contribution in [2.24, 2.45) is 11.8 Å². The molecule has 6 unspecified atom stereocenters. The molecule has 310 valence electrons. The molecule has 0 spiro atoms. The minimum absolute atomic E-state index is 0.0962. The maximum atomic E-state index is 6.62. The predicted octanol–water partition coefficient (Wildman–Crippen LogP) is 11.8. The van der Waals surface area contributed by atoms with E-state index in [-0.39, 0.29) is 33.9 Å². The van der Waals surface area contributed by atoms with Crippen LogP contribution in [0.15, 0.2) is 42.0 Å². The molecule has 0 aromatic heterocycles. The fraction of sp³-hybridized carbons (Fsp3) is 0.783. The molecule has 0 aliphatic heterocycles. The molecule has 1 saturated carbocycles. The van der Waals surface area contributed by atoms with E-state index in [4.69, 9.17) is 37.9 Å². The van der Waals surface area contributed by atoms with E-state index < -0.39 is 30.8 Å². The minimum Gasteiger partial charge on any atom is -0.461 e. The van der Waals surface area contributed by atoms with Crippen molar-refractivity contribution in [1.29, 1.82) is 0 Å². The molecule has 0 bridgehead atoms. The molecule has 0 amide bonds. The van der Waals surface area contributed by atoms with Gasteiger partial charge in [-0.1, -0.05) is 26.0 Å². The fourth-order valence-electron chi connectivity index (χ4n) is 7.80. The largest absolute Gasteiger partial charge is 0.461 e. The molecule has 0 radical (unpaired) electrons. The van der Waals surface area contributed by atoms with Gasteiger partial charge < -0.3 is 37.9 Å².